The summed E-state index contributed by atoms with van der Waals surface area (Å²) in [6.45, 7) is 6.88. The third kappa shape index (κ3) is 4.46. The number of amides is 1. The standard InChI is InChI=1S/C22H21FN4O3/c1-13(25-21(29)30-22(2,3)4)19-26-18-9-8-15(23)11-17(18)20(28)27(19)16-7-5-6-14(10-16)12-24/h5-11,13H,1-4H3,(H,25,29). The van der Waals surface area contributed by atoms with Gasteiger partial charge in [0.2, 0.25) is 0 Å². The second kappa shape index (κ2) is 7.95. The minimum absolute atomic E-state index is 0.0885. The molecular formula is C22H21FN4O3. The Kier molecular flexibility index (Phi) is 5.56. The first-order valence-corrected chi connectivity index (χ1v) is 9.31. The molecule has 1 atom stereocenters. The number of nitrogens with zero attached hydrogens (tertiary/aromatic N) is 3. The second-order valence-electron chi connectivity index (χ2n) is 7.80. The van der Waals surface area contributed by atoms with Crippen molar-refractivity contribution in [2.45, 2.75) is 39.3 Å². The second-order valence-corrected chi connectivity index (χ2v) is 7.80. The Labute approximate surface area is 172 Å². The monoisotopic (exact) mass is 408 g/mol. The van der Waals surface area contributed by atoms with E-state index in [0.29, 0.717) is 16.8 Å². The highest BCUT2D eigenvalue weighted by atomic mass is 19.1. The molecule has 1 unspecified atom stereocenters. The van der Waals surface area contributed by atoms with Gasteiger partial charge in [-0.1, -0.05) is 6.07 Å². The van der Waals surface area contributed by atoms with Crippen LogP contribution in [0, 0.1) is 17.1 Å². The quantitative estimate of drug-likeness (QED) is 0.707. The van der Waals surface area contributed by atoms with Crippen LogP contribution >= 0.6 is 0 Å². The molecule has 0 aliphatic heterocycles. The molecule has 0 radical (unpaired) electrons. The molecule has 0 aliphatic rings. The normalized spacial score (nSPS) is 12.3. The zero-order chi connectivity index (χ0) is 22.1. The highest BCUT2D eigenvalue weighted by Gasteiger charge is 2.23. The summed E-state index contributed by atoms with van der Waals surface area (Å²) in [4.78, 5) is 30.0. The van der Waals surface area contributed by atoms with Crippen LogP contribution in [0.3, 0.4) is 0 Å². The summed E-state index contributed by atoms with van der Waals surface area (Å²) in [6.07, 6.45) is -0.666. The molecule has 154 valence electrons. The lowest BCUT2D eigenvalue weighted by Gasteiger charge is -2.23. The van der Waals surface area contributed by atoms with Crippen LogP contribution < -0.4 is 10.9 Å². The van der Waals surface area contributed by atoms with Gasteiger partial charge in [0.1, 0.15) is 17.2 Å². The molecule has 2 aromatic carbocycles. The number of carbonyl (C=O) groups is 1. The molecule has 0 aliphatic carbocycles. The molecule has 3 aromatic rings. The maximum absolute atomic E-state index is 13.8. The fourth-order valence-electron chi connectivity index (χ4n) is 2.98. The minimum atomic E-state index is -0.715. The number of fused-ring (bicyclic) bond motifs is 1. The summed E-state index contributed by atoms with van der Waals surface area (Å²) < 4.78 is 20.3. The molecule has 0 saturated heterocycles. The van der Waals surface area contributed by atoms with E-state index in [0.717, 1.165) is 6.07 Å². The lowest BCUT2D eigenvalue weighted by atomic mass is 10.1. The predicted molar refractivity (Wildman–Crippen MR) is 110 cm³/mol. The number of halogens is 1. The average molecular weight is 408 g/mol. The van der Waals surface area contributed by atoms with E-state index in [1.807, 2.05) is 6.07 Å². The van der Waals surface area contributed by atoms with Crippen LogP contribution in [0.1, 0.15) is 45.1 Å². The van der Waals surface area contributed by atoms with Crippen molar-refractivity contribution in [1.82, 2.24) is 14.9 Å². The molecule has 1 amide bonds. The predicted octanol–water partition coefficient (Wildman–Crippen LogP) is 3.98. The number of hydrogen-bond acceptors (Lipinski definition) is 5. The maximum atomic E-state index is 13.8. The fourth-order valence-corrected chi connectivity index (χ4v) is 2.98. The van der Waals surface area contributed by atoms with Crippen LogP contribution in [0.5, 0.6) is 0 Å². The number of carbonyl (C=O) groups excluding carboxylic acids is 1. The van der Waals surface area contributed by atoms with Crippen molar-refractivity contribution in [3.63, 3.8) is 0 Å². The van der Waals surface area contributed by atoms with Crippen LogP contribution in [0.15, 0.2) is 47.3 Å². The Bertz CT molecular complexity index is 1220. The average Bonchev–Trinajstić information content (AvgIpc) is 2.66. The van der Waals surface area contributed by atoms with Crippen LogP contribution in [0.25, 0.3) is 16.6 Å². The number of ether oxygens (including phenoxy) is 1. The molecule has 1 heterocycles. The van der Waals surface area contributed by atoms with E-state index < -0.39 is 29.1 Å². The molecular weight excluding hydrogens is 387 g/mol. The molecule has 0 fully saturated rings. The summed E-state index contributed by atoms with van der Waals surface area (Å²) in [6, 6.07) is 11.4. The number of alkyl carbamates (subject to hydrolysis) is 1. The maximum Gasteiger partial charge on any atom is 0.408 e. The molecule has 7 nitrogen and oxygen atoms in total. The van der Waals surface area contributed by atoms with E-state index >= 15 is 0 Å². The Morgan fingerprint density at radius 2 is 2.00 bits per heavy atom. The number of rotatable bonds is 3. The Morgan fingerprint density at radius 3 is 2.67 bits per heavy atom. The van der Waals surface area contributed by atoms with Gasteiger partial charge in [0.25, 0.3) is 5.56 Å². The minimum Gasteiger partial charge on any atom is -0.444 e. The van der Waals surface area contributed by atoms with Crippen molar-refractivity contribution in [2.75, 3.05) is 0 Å². The first-order valence-electron chi connectivity index (χ1n) is 9.31. The van der Waals surface area contributed by atoms with E-state index in [-0.39, 0.29) is 11.2 Å². The summed E-state index contributed by atoms with van der Waals surface area (Å²) in [5.41, 5.74) is -0.189. The van der Waals surface area contributed by atoms with Crippen LogP contribution in [0.4, 0.5) is 9.18 Å². The van der Waals surface area contributed by atoms with Gasteiger partial charge in [0.15, 0.2) is 0 Å². The highest BCUT2D eigenvalue weighted by molar-refractivity contribution is 5.78. The van der Waals surface area contributed by atoms with Gasteiger partial charge in [-0.15, -0.1) is 0 Å². The zero-order valence-corrected chi connectivity index (χ0v) is 17.1. The van der Waals surface area contributed by atoms with Gasteiger partial charge in [0.05, 0.1) is 34.3 Å². The van der Waals surface area contributed by atoms with Gasteiger partial charge >= 0.3 is 6.09 Å². The van der Waals surface area contributed by atoms with Crippen LogP contribution in [0.2, 0.25) is 0 Å². The summed E-state index contributed by atoms with van der Waals surface area (Å²) >= 11 is 0. The van der Waals surface area contributed by atoms with Crippen molar-refractivity contribution in [3.8, 4) is 11.8 Å². The number of nitriles is 1. The van der Waals surface area contributed by atoms with Crippen molar-refractivity contribution in [3.05, 3.63) is 70.0 Å². The number of nitrogens with one attached hydrogen (secondary N) is 1. The lowest BCUT2D eigenvalue weighted by Crippen LogP contribution is -2.36. The Balaban J connectivity index is 2.19. The highest BCUT2D eigenvalue weighted by Crippen LogP contribution is 2.20. The summed E-state index contributed by atoms with van der Waals surface area (Å²) in [5, 5.41) is 12.0. The van der Waals surface area contributed by atoms with Crippen LogP contribution in [-0.4, -0.2) is 21.2 Å². The van der Waals surface area contributed by atoms with Gasteiger partial charge in [-0.2, -0.15) is 5.26 Å². The fraction of sp³-hybridized carbons (Fsp3) is 0.273. The molecule has 30 heavy (non-hydrogen) atoms. The largest absolute Gasteiger partial charge is 0.444 e. The molecule has 1 N–H and O–H groups in total. The van der Waals surface area contributed by atoms with Gasteiger partial charge in [-0.05, 0) is 64.1 Å². The van der Waals surface area contributed by atoms with E-state index in [4.69, 9.17) is 4.74 Å². The molecule has 3 rings (SSSR count). The van der Waals surface area contributed by atoms with Crippen molar-refractivity contribution >= 4 is 17.0 Å². The molecule has 0 saturated carbocycles. The molecule has 8 heteroatoms. The number of hydrogen-bond donors (Lipinski definition) is 1. The smallest absolute Gasteiger partial charge is 0.408 e. The Hall–Kier alpha value is -3.73. The lowest BCUT2D eigenvalue weighted by molar-refractivity contribution is 0.0505. The molecule has 1 aromatic heterocycles. The first kappa shape index (κ1) is 21.0. The molecule has 0 spiro atoms. The first-order chi connectivity index (χ1) is 14.1. The van der Waals surface area contributed by atoms with Gasteiger partial charge < -0.3 is 10.1 Å². The topological polar surface area (TPSA) is 97.0 Å². The number of benzene rings is 2. The number of aromatic nitrogens is 2. The zero-order valence-electron chi connectivity index (χ0n) is 17.1. The van der Waals surface area contributed by atoms with Crippen molar-refractivity contribution < 1.29 is 13.9 Å². The van der Waals surface area contributed by atoms with Crippen molar-refractivity contribution in [2.24, 2.45) is 0 Å². The Morgan fingerprint density at radius 1 is 1.27 bits per heavy atom. The van der Waals surface area contributed by atoms with E-state index in [1.54, 1.807) is 45.9 Å². The van der Waals surface area contributed by atoms with E-state index in [1.165, 1.54) is 22.8 Å². The third-order valence-electron chi connectivity index (χ3n) is 4.21. The SMILES string of the molecule is CC(NC(=O)OC(C)(C)C)c1nc2ccc(F)cc2c(=O)n1-c1cccc(C#N)c1. The summed E-state index contributed by atoms with van der Waals surface area (Å²) in [7, 11) is 0. The van der Waals surface area contributed by atoms with E-state index in [2.05, 4.69) is 10.3 Å². The van der Waals surface area contributed by atoms with Crippen molar-refractivity contribution in [1.29, 1.82) is 5.26 Å². The van der Waals surface area contributed by atoms with Gasteiger partial charge in [0, 0.05) is 0 Å². The van der Waals surface area contributed by atoms with Gasteiger partial charge in [-0.25, -0.2) is 14.2 Å². The molecule has 0 bridgehead atoms. The van der Waals surface area contributed by atoms with Crippen LogP contribution in [-0.2, 0) is 4.74 Å². The van der Waals surface area contributed by atoms with Gasteiger partial charge in [-0.3, -0.25) is 9.36 Å². The summed E-state index contributed by atoms with van der Waals surface area (Å²) in [5.74, 6) is -0.341. The van der Waals surface area contributed by atoms with E-state index in [9.17, 15) is 19.2 Å². The third-order valence-corrected chi connectivity index (χ3v) is 4.21.